The van der Waals surface area contributed by atoms with Gasteiger partial charge >= 0.3 is 10.2 Å². The lowest BCUT2D eigenvalue weighted by Crippen LogP contribution is -2.44. The molecule has 1 aromatic carbocycles. The lowest BCUT2D eigenvalue weighted by molar-refractivity contribution is 0.273. The first-order chi connectivity index (χ1) is 9.42. The third kappa shape index (κ3) is 3.50. The van der Waals surface area contributed by atoms with Gasteiger partial charge in [0, 0.05) is 13.1 Å². The van der Waals surface area contributed by atoms with E-state index in [9.17, 15) is 8.42 Å². The molecule has 0 aromatic heterocycles. The molecule has 0 aliphatic carbocycles. The van der Waals surface area contributed by atoms with Crippen molar-refractivity contribution in [2.75, 3.05) is 24.4 Å². The van der Waals surface area contributed by atoms with Gasteiger partial charge in [-0.25, -0.2) is 0 Å². The van der Waals surface area contributed by atoms with Gasteiger partial charge in [-0.05, 0) is 50.8 Å². The highest BCUT2D eigenvalue weighted by molar-refractivity contribution is 7.90. The summed E-state index contributed by atoms with van der Waals surface area (Å²) in [5.74, 6) is 0.263. The van der Waals surface area contributed by atoms with Gasteiger partial charge in [0.15, 0.2) is 0 Å². The zero-order valence-corrected chi connectivity index (χ0v) is 12.9. The first kappa shape index (κ1) is 15.3. The van der Waals surface area contributed by atoms with Crippen LogP contribution in [0.1, 0.15) is 24.0 Å². The Morgan fingerprint density at radius 2 is 2.15 bits per heavy atom. The first-order valence-corrected chi connectivity index (χ1v) is 8.41. The minimum Gasteiger partial charge on any atom is -0.330 e. The number of hydrogen-bond acceptors (Lipinski definition) is 3. The quantitative estimate of drug-likeness (QED) is 0.887. The molecule has 20 heavy (non-hydrogen) atoms. The van der Waals surface area contributed by atoms with Crippen LogP contribution in [-0.4, -0.2) is 32.4 Å². The van der Waals surface area contributed by atoms with E-state index in [4.69, 9.17) is 5.73 Å². The molecule has 0 spiro atoms. The molecular formula is C14H23N3O2S. The van der Waals surface area contributed by atoms with Gasteiger partial charge in [0.05, 0.1) is 5.69 Å². The number of benzene rings is 1. The van der Waals surface area contributed by atoms with Crippen LogP contribution in [0.15, 0.2) is 18.2 Å². The normalized spacial score (nSPS) is 20.9. The van der Waals surface area contributed by atoms with Crippen molar-refractivity contribution in [2.24, 2.45) is 11.7 Å². The van der Waals surface area contributed by atoms with Crippen LogP contribution >= 0.6 is 0 Å². The molecule has 1 heterocycles. The summed E-state index contributed by atoms with van der Waals surface area (Å²) in [6.07, 6.45) is 1.88. The van der Waals surface area contributed by atoms with Crippen molar-refractivity contribution < 1.29 is 8.42 Å². The topological polar surface area (TPSA) is 75.4 Å². The van der Waals surface area contributed by atoms with Gasteiger partial charge in [0.1, 0.15) is 0 Å². The maximum atomic E-state index is 12.4. The van der Waals surface area contributed by atoms with E-state index in [0.717, 1.165) is 24.0 Å². The van der Waals surface area contributed by atoms with Crippen LogP contribution in [0.3, 0.4) is 0 Å². The van der Waals surface area contributed by atoms with Gasteiger partial charge in [0.2, 0.25) is 0 Å². The molecule has 1 fully saturated rings. The van der Waals surface area contributed by atoms with Gasteiger partial charge in [-0.1, -0.05) is 17.7 Å². The summed E-state index contributed by atoms with van der Waals surface area (Å²) in [7, 11) is -3.49. The summed E-state index contributed by atoms with van der Waals surface area (Å²) in [5, 5.41) is 0. The molecule has 0 radical (unpaired) electrons. The van der Waals surface area contributed by atoms with Crippen LogP contribution in [0.4, 0.5) is 5.69 Å². The van der Waals surface area contributed by atoms with Crippen LogP contribution in [0, 0.1) is 19.8 Å². The van der Waals surface area contributed by atoms with E-state index in [0.29, 0.717) is 25.3 Å². The number of nitrogens with two attached hydrogens (primary N) is 1. The van der Waals surface area contributed by atoms with Crippen LogP contribution in [0.2, 0.25) is 0 Å². The molecular weight excluding hydrogens is 274 g/mol. The molecule has 112 valence electrons. The minimum absolute atomic E-state index is 0.263. The van der Waals surface area contributed by atoms with E-state index < -0.39 is 10.2 Å². The van der Waals surface area contributed by atoms with Crippen molar-refractivity contribution in [2.45, 2.75) is 26.7 Å². The average Bonchev–Trinajstić information content (AvgIpc) is 2.42. The third-order valence-electron chi connectivity index (χ3n) is 3.78. The van der Waals surface area contributed by atoms with Crippen molar-refractivity contribution >= 4 is 15.9 Å². The fourth-order valence-electron chi connectivity index (χ4n) is 2.57. The van der Waals surface area contributed by atoms with Crippen LogP contribution in [0.5, 0.6) is 0 Å². The Morgan fingerprint density at radius 1 is 1.40 bits per heavy atom. The maximum absolute atomic E-state index is 12.4. The van der Waals surface area contributed by atoms with Crippen molar-refractivity contribution in [3.63, 3.8) is 0 Å². The molecule has 1 unspecified atom stereocenters. The van der Waals surface area contributed by atoms with Gasteiger partial charge in [-0.15, -0.1) is 0 Å². The van der Waals surface area contributed by atoms with Crippen LogP contribution < -0.4 is 10.5 Å². The predicted molar refractivity (Wildman–Crippen MR) is 81.8 cm³/mol. The minimum atomic E-state index is -3.49. The number of anilines is 1. The summed E-state index contributed by atoms with van der Waals surface area (Å²) in [4.78, 5) is 0. The Kier molecular flexibility index (Phi) is 4.67. The number of nitrogens with one attached hydrogen (secondary N) is 1. The second kappa shape index (κ2) is 6.11. The van der Waals surface area contributed by atoms with E-state index in [-0.39, 0.29) is 5.92 Å². The van der Waals surface area contributed by atoms with Crippen molar-refractivity contribution in [1.29, 1.82) is 0 Å². The number of piperidine rings is 1. The highest BCUT2D eigenvalue weighted by atomic mass is 32.2. The number of rotatable bonds is 4. The molecule has 2 rings (SSSR count). The van der Waals surface area contributed by atoms with Crippen molar-refractivity contribution in [3.8, 4) is 0 Å². The molecule has 1 atom stereocenters. The Hall–Kier alpha value is -1.11. The summed E-state index contributed by atoms with van der Waals surface area (Å²) >= 11 is 0. The zero-order valence-electron chi connectivity index (χ0n) is 12.1. The molecule has 5 nitrogen and oxygen atoms in total. The second-order valence-electron chi connectivity index (χ2n) is 5.53. The van der Waals surface area contributed by atoms with Crippen molar-refractivity contribution in [3.05, 3.63) is 29.3 Å². The van der Waals surface area contributed by atoms with Gasteiger partial charge in [-0.3, -0.25) is 4.72 Å². The fourth-order valence-corrected chi connectivity index (χ4v) is 3.98. The van der Waals surface area contributed by atoms with E-state index in [1.165, 1.54) is 4.31 Å². The average molecular weight is 297 g/mol. The summed E-state index contributed by atoms with van der Waals surface area (Å²) < 4.78 is 29.0. The molecule has 6 heteroatoms. The fraction of sp³-hybridized carbons (Fsp3) is 0.571. The lowest BCUT2D eigenvalue weighted by Gasteiger charge is -2.31. The monoisotopic (exact) mass is 297 g/mol. The summed E-state index contributed by atoms with van der Waals surface area (Å²) in [5.41, 5.74) is 8.35. The smallest absolute Gasteiger partial charge is 0.301 e. The first-order valence-electron chi connectivity index (χ1n) is 6.97. The molecule has 1 aliphatic heterocycles. The molecule has 1 saturated heterocycles. The zero-order chi connectivity index (χ0) is 14.8. The molecule has 0 amide bonds. The number of hydrogen-bond donors (Lipinski definition) is 2. The molecule has 3 N–H and O–H groups in total. The third-order valence-corrected chi connectivity index (χ3v) is 5.27. The number of aryl methyl sites for hydroxylation is 2. The molecule has 1 aliphatic rings. The lowest BCUT2D eigenvalue weighted by atomic mass is 10.0. The van der Waals surface area contributed by atoms with E-state index in [2.05, 4.69) is 4.72 Å². The Bertz CT molecular complexity index is 572. The van der Waals surface area contributed by atoms with E-state index in [1.807, 2.05) is 32.0 Å². The van der Waals surface area contributed by atoms with Gasteiger partial charge in [-0.2, -0.15) is 12.7 Å². The standard InChI is InChI=1S/C14H23N3O2S/c1-11-5-6-14(12(2)8-11)16-20(18,19)17-7-3-4-13(9-15)10-17/h5-6,8,13,16H,3-4,7,9-10,15H2,1-2H3. The second-order valence-corrected chi connectivity index (χ2v) is 7.20. The van der Waals surface area contributed by atoms with Gasteiger partial charge < -0.3 is 5.73 Å². The highest BCUT2D eigenvalue weighted by Gasteiger charge is 2.28. The SMILES string of the molecule is Cc1ccc(NS(=O)(=O)N2CCCC(CN)C2)c(C)c1. The van der Waals surface area contributed by atoms with Crippen LogP contribution in [0.25, 0.3) is 0 Å². The molecule has 1 aromatic rings. The molecule has 0 saturated carbocycles. The molecule has 0 bridgehead atoms. The highest BCUT2D eigenvalue weighted by Crippen LogP contribution is 2.22. The van der Waals surface area contributed by atoms with Gasteiger partial charge in [0.25, 0.3) is 0 Å². The maximum Gasteiger partial charge on any atom is 0.301 e. The Labute approximate surface area is 121 Å². The largest absolute Gasteiger partial charge is 0.330 e. The number of nitrogens with zero attached hydrogens (tertiary/aromatic N) is 1. The Balaban J connectivity index is 2.14. The van der Waals surface area contributed by atoms with Crippen LogP contribution in [-0.2, 0) is 10.2 Å². The predicted octanol–water partition coefficient (Wildman–Crippen LogP) is 1.63. The van der Waals surface area contributed by atoms with E-state index in [1.54, 1.807) is 0 Å². The van der Waals surface area contributed by atoms with E-state index >= 15 is 0 Å². The van der Waals surface area contributed by atoms with Crippen molar-refractivity contribution in [1.82, 2.24) is 4.31 Å². The summed E-state index contributed by atoms with van der Waals surface area (Å²) in [6, 6.07) is 5.69. The Morgan fingerprint density at radius 3 is 2.80 bits per heavy atom. The summed E-state index contributed by atoms with van der Waals surface area (Å²) in [6.45, 7) is 5.51.